The molecular weight excluding hydrogens is 316 g/mol. The van der Waals surface area contributed by atoms with Crippen LogP contribution in [0.25, 0.3) is 11.0 Å². The molecule has 0 spiro atoms. The second-order valence-corrected chi connectivity index (χ2v) is 5.55. The first-order valence-corrected chi connectivity index (χ1v) is 7.27. The summed E-state index contributed by atoms with van der Waals surface area (Å²) in [6.45, 7) is 5.51. The number of imidazole rings is 1. The zero-order chi connectivity index (χ0) is 13.1. The van der Waals surface area contributed by atoms with E-state index in [-0.39, 0.29) is 6.10 Å². The molecular formula is C13H16BrClN2O. The Hall–Kier alpha value is -0.580. The number of hydrogen-bond donors (Lipinski definition) is 0. The Morgan fingerprint density at radius 1 is 1.44 bits per heavy atom. The molecule has 1 aromatic carbocycles. The van der Waals surface area contributed by atoms with Gasteiger partial charge in [0, 0.05) is 11.0 Å². The number of halogens is 2. The number of rotatable bonds is 5. The van der Waals surface area contributed by atoms with Crippen molar-refractivity contribution in [3.8, 4) is 0 Å². The molecule has 1 aromatic heterocycles. The molecule has 2 aromatic rings. The molecule has 3 nitrogen and oxygen atoms in total. The van der Waals surface area contributed by atoms with E-state index in [0.29, 0.717) is 12.5 Å². The average Bonchev–Trinajstić information content (AvgIpc) is 2.66. The van der Waals surface area contributed by atoms with E-state index in [1.54, 1.807) is 0 Å². The minimum Gasteiger partial charge on any atom is -0.377 e. The Kier molecular flexibility index (Phi) is 4.65. The molecule has 0 N–H and O–H groups in total. The second-order valence-electron chi connectivity index (χ2n) is 4.37. The number of ether oxygens (including phenoxy) is 1. The zero-order valence-corrected chi connectivity index (χ0v) is 12.8. The van der Waals surface area contributed by atoms with Gasteiger partial charge in [-0.1, -0.05) is 15.9 Å². The van der Waals surface area contributed by atoms with Crippen molar-refractivity contribution in [2.24, 2.45) is 0 Å². The molecule has 0 aliphatic heterocycles. The van der Waals surface area contributed by atoms with Crippen molar-refractivity contribution in [2.45, 2.75) is 32.4 Å². The fraction of sp³-hybridized carbons (Fsp3) is 0.462. The van der Waals surface area contributed by atoms with Gasteiger partial charge in [0.15, 0.2) is 0 Å². The maximum absolute atomic E-state index is 5.95. The van der Waals surface area contributed by atoms with Gasteiger partial charge >= 0.3 is 0 Å². The summed E-state index contributed by atoms with van der Waals surface area (Å²) in [5.74, 6) is 1.30. The number of fused-ring (bicyclic) bond motifs is 1. The molecule has 0 aliphatic rings. The maximum atomic E-state index is 5.95. The molecule has 2 rings (SSSR count). The van der Waals surface area contributed by atoms with Gasteiger partial charge in [0.2, 0.25) is 0 Å². The van der Waals surface area contributed by atoms with Crippen LogP contribution in [0.4, 0.5) is 0 Å². The van der Waals surface area contributed by atoms with E-state index in [9.17, 15) is 0 Å². The van der Waals surface area contributed by atoms with E-state index in [4.69, 9.17) is 16.3 Å². The van der Waals surface area contributed by atoms with E-state index >= 15 is 0 Å². The summed E-state index contributed by atoms with van der Waals surface area (Å²) in [6, 6.07) is 6.07. The Morgan fingerprint density at radius 3 is 2.89 bits per heavy atom. The van der Waals surface area contributed by atoms with Crippen LogP contribution in [0.3, 0.4) is 0 Å². The van der Waals surface area contributed by atoms with Crippen molar-refractivity contribution in [1.82, 2.24) is 9.55 Å². The first kappa shape index (κ1) is 13.8. The fourth-order valence-corrected chi connectivity index (χ4v) is 2.44. The average molecular weight is 332 g/mol. The highest BCUT2D eigenvalue weighted by molar-refractivity contribution is 9.10. The molecule has 0 unspecified atom stereocenters. The molecule has 0 amide bonds. The van der Waals surface area contributed by atoms with Crippen molar-refractivity contribution in [2.75, 3.05) is 6.61 Å². The quantitative estimate of drug-likeness (QED) is 0.775. The zero-order valence-electron chi connectivity index (χ0n) is 10.5. The minimum absolute atomic E-state index is 0.244. The summed E-state index contributed by atoms with van der Waals surface area (Å²) >= 11 is 9.40. The SMILES string of the molecule is CC(C)OCCn1c(CCl)nc2cc(Br)ccc21. The highest BCUT2D eigenvalue weighted by atomic mass is 79.9. The van der Waals surface area contributed by atoms with Crippen LogP contribution >= 0.6 is 27.5 Å². The molecule has 0 fully saturated rings. The van der Waals surface area contributed by atoms with Crippen LogP contribution in [-0.2, 0) is 17.2 Å². The third kappa shape index (κ3) is 3.05. The predicted molar refractivity (Wildman–Crippen MR) is 78.1 cm³/mol. The lowest BCUT2D eigenvalue weighted by molar-refractivity contribution is 0.0729. The highest BCUT2D eigenvalue weighted by Gasteiger charge is 2.10. The van der Waals surface area contributed by atoms with Gasteiger partial charge < -0.3 is 9.30 Å². The molecule has 0 saturated carbocycles. The fourth-order valence-electron chi connectivity index (χ4n) is 1.88. The van der Waals surface area contributed by atoms with Crippen LogP contribution in [0.2, 0.25) is 0 Å². The molecule has 0 radical (unpaired) electrons. The van der Waals surface area contributed by atoms with Crippen LogP contribution in [0, 0.1) is 0 Å². The van der Waals surface area contributed by atoms with E-state index in [0.717, 1.165) is 27.9 Å². The van der Waals surface area contributed by atoms with E-state index < -0.39 is 0 Å². The Labute approximate surface area is 120 Å². The molecule has 0 bridgehead atoms. The van der Waals surface area contributed by atoms with Crippen molar-refractivity contribution in [1.29, 1.82) is 0 Å². The van der Waals surface area contributed by atoms with Crippen molar-refractivity contribution in [3.63, 3.8) is 0 Å². The van der Waals surface area contributed by atoms with Crippen LogP contribution in [-0.4, -0.2) is 22.3 Å². The molecule has 18 heavy (non-hydrogen) atoms. The molecule has 1 heterocycles. The Balaban J connectivity index is 2.29. The summed E-state index contributed by atoms with van der Waals surface area (Å²) in [5.41, 5.74) is 2.06. The number of aromatic nitrogens is 2. The number of hydrogen-bond acceptors (Lipinski definition) is 2. The molecule has 5 heteroatoms. The molecule has 0 aliphatic carbocycles. The summed E-state index contributed by atoms with van der Waals surface area (Å²) in [7, 11) is 0. The summed E-state index contributed by atoms with van der Waals surface area (Å²) < 4.78 is 8.74. The van der Waals surface area contributed by atoms with Crippen LogP contribution in [0.15, 0.2) is 22.7 Å². The first-order valence-electron chi connectivity index (χ1n) is 5.94. The number of alkyl halides is 1. The van der Waals surface area contributed by atoms with Crippen molar-refractivity contribution < 1.29 is 4.74 Å². The summed E-state index contributed by atoms with van der Waals surface area (Å²) in [5, 5.41) is 0. The van der Waals surface area contributed by atoms with E-state index in [1.807, 2.05) is 26.0 Å². The lowest BCUT2D eigenvalue weighted by Gasteiger charge is -2.10. The summed E-state index contributed by atoms with van der Waals surface area (Å²) in [6.07, 6.45) is 0.244. The van der Waals surface area contributed by atoms with Crippen LogP contribution in [0.1, 0.15) is 19.7 Å². The van der Waals surface area contributed by atoms with Gasteiger partial charge in [-0.25, -0.2) is 4.98 Å². The normalized spacial score (nSPS) is 11.6. The van der Waals surface area contributed by atoms with E-state index in [2.05, 4.69) is 31.5 Å². The second kappa shape index (κ2) is 6.04. The van der Waals surface area contributed by atoms with Gasteiger partial charge in [0.05, 0.1) is 29.6 Å². The minimum atomic E-state index is 0.244. The monoisotopic (exact) mass is 330 g/mol. The molecule has 98 valence electrons. The molecule has 0 atom stereocenters. The highest BCUT2D eigenvalue weighted by Crippen LogP contribution is 2.21. The predicted octanol–water partition coefficient (Wildman–Crippen LogP) is 3.96. The third-order valence-corrected chi connectivity index (χ3v) is 3.41. The van der Waals surface area contributed by atoms with Gasteiger partial charge in [-0.3, -0.25) is 0 Å². The van der Waals surface area contributed by atoms with Gasteiger partial charge in [0.25, 0.3) is 0 Å². The standard InChI is InChI=1S/C13H16BrClN2O/c1-9(2)18-6-5-17-12-4-3-10(14)7-11(12)16-13(17)8-15/h3-4,7,9H,5-6,8H2,1-2H3. The van der Waals surface area contributed by atoms with Crippen LogP contribution < -0.4 is 0 Å². The molecule has 0 saturated heterocycles. The lowest BCUT2D eigenvalue weighted by atomic mass is 10.3. The third-order valence-electron chi connectivity index (χ3n) is 2.67. The van der Waals surface area contributed by atoms with Crippen molar-refractivity contribution in [3.05, 3.63) is 28.5 Å². The van der Waals surface area contributed by atoms with E-state index in [1.165, 1.54) is 0 Å². The number of nitrogens with zero attached hydrogens (tertiary/aromatic N) is 2. The van der Waals surface area contributed by atoms with Gasteiger partial charge in [-0.15, -0.1) is 11.6 Å². The first-order chi connectivity index (χ1) is 8.61. The smallest absolute Gasteiger partial charge is 0.124 e. The Bertz CT molecular complexity index is 539. The van der Waals surface area contributed by atoms with Crippen molar-refractivity contribution >= 4 is 38.6 Å². The Morgan fingerprint density at radius 2 is 2.22 bits per heavy atom. The van der Waals surface area contributed by atoms with Gasteiger partial charge in [-0.05, 0) is 32.0 Å². The number of benzene rings is 1. The van der Waals surface area contributed by atoms with Gasteiger partial charge in [-0.2, -0.15) is 0 Å². The topological polar surface area (TPSA) is 27.1 Å². The van der Waals surface area contributed by atoms with Crippen LogP contribution in [0.5, 0.6) is 0 Å². The van der Waals surface area contributed by atoms with Gasteiger partial charge in [0.1, 0.15) is 5.82 Å². The lowest BCUT2D eigenvalue weighted by Crippen LogP contribution is -2.12. The maximum Gasteiger partial charge on any atom is 0.124 e. The summed E-state index contributed by atoms with van der Waals surface area (Å²) in [4.78, 5) is 4.54. The largest absolute Gasteiger partial charge is 0.377 e.